The molecule has 25 heavy (non-hydrogen) atoms. The molecule has 0 aliphatic rings. The van der Waals surface area contributed by atoms with Crippen LogP contribution in [-0.2, 0) is 12.7 Å². The van der Waals surface area contributed by atoms with Gasteiger partial charge >= 0.3 is 6.18 Å². The number of nitrogens with zero attached hydrogens (tertiary/aromatic N) is 5. The van der Waals surface area contributed by atoms with Gasteiger partial charge in [0.25, 0.3) is 11.6 Å². The highest BCUT2D eigenvalue weighted by atomic mass is 19.4. The van der Waals surface area contributed by atoms with Crippen LogP contribution in [0.2, 0.25) is 0 Å². The summed E-state index contributed by atoms with van der Waals surface area (Å²) in [4.78, 5) is 11.6. The van der Waals surface area contributed by atoms with Gasteiger partial charge in [0.15, 0.2) is 0 Å². The van der Waals surface area contributed by atoms with Gasteiger partial charge in [-0.2, -0.15) is 22.7 Å². The highest BCUT2D eigenvalue weighted by Crippen LogP contribution is 2.27. The molecule has 3 rings (SSSR count). The van der Waals surface area contributed by atoms with Gasteiger partial charge < -0.3 is 10.1 Å². The lowest BCUT2D eigenvalue weighted by Crippen LogP contribution is -2.10. The maximum atomic E-state index is 12.8. The van der Waals surface area contributed by atoms with E-state index in [0.717, 1.165) is 10.1 Å². The molecule has 0 spiro atoms. The van der Waals surface area contributed by atoms with Crippen LogP contribution in [0.15, 0.2) is 24.4 Å². The molecule has 0 aromatic carbocycles. The molecular formula is C15H15F3N6O. The molecular weight excluding hydrogens is 337 g/mol. The van der Waals surface area contributed by atoms with Crippen molar-refractivity contribution in [2.45, 2.75) is 26.6 Å². The van der Waals surface area contributed by atoms with E-state index in [0.29, 0.717) is 30.5 Å². The summed E-state index contributed by atoms with van der Waals surface area (Å²) in [5.74, 6) is -0.540. The second-order valence-corrected chi connectivity index (χ2v) is 5.18. The lowest BCUT2D eigenvalue weighted by Gasteiger charge is -2.11. The summed E-state index contributed by atoms with van der Waals surface area (Å²) in [6, 6.07) is 5.17. The lowest BCUT2D eigenvalue weighted by molar-refractivity contribution is -0.144. The summed E-state index contributed by atoms with van der Waals surface area (Å²) in [5.41, 5.74) is 1.29. The number of hydrogen-bond donors (Lipinski definition) is 1. The van der Waals surface area contributed by atoms with Crippen LogP contribution < -0.4 is 10.1 Å². The number of aromatic nitrogens is 5. The summed E-state index contributed by atoms with van der Waals surface area (Å²) >= 11 is 0. The molecule has 1 N–H and O–H groups in total. The maximum absolute atomic E-state index is 12.8. The summed E-state index contributed by atoms with van der Waals surface area (Å²) < 4.78 is 45.0. The number of rotatable bonds is 5. The van der Waals surface area contributed by atoms with Crippen molar-refractivity contribution in [1.82, 2.24) is 24.6 Å². The molecule has 0 bridgehead atoms. The van der Waals surface area contributed by atoms with Crippen LogP contribution in [0.1, 0.15) is 24.0 Å². The van der Waals surface area contributed by atoms with E-state index in [9.17, 15) is 13.2 Å². The first-order valence-electron chi connectivity index (χ1n) is 7.50. The first-order chi connectivity index (χ1) is 11.9. The van der Waals surface area contributed by atoms with E-state index in [1.807, 2.05) is 13.0 Å². The number of pyridine rings is 1. The molecule has 10 heteroatoms. The Balaban J connectivity index is 1.92. The Kier molecular flexibility index (Phi) is 4.43. The molecule has 0 unspecified atom stereocenters. The van der Waals surface area contributed by atoms with Crippen molar-refractivity contribution in [3.8, 4) is 5.88 Å². The largest absolute Gasteiger partial charge is 0.478 e. The fraction of sp³-hybridized carbons (Fsp3) is 0.333. The van der Waals surface area contributed by atoms with Gasteiger partial charge in [-0.3, -0.25) is 0 Å². The third-order valence-electron chi connectivity index (χ3n) is 3.28. The van der Waals surface area contributed by atoms with Crippen molar-refractivity contribution >= 4 is 11.6 Å². The smallest absolute Gasteiger partial charge is 0.453 e. The fourth-order valence-electron chi connectivity index (χ4n) is 2.24. The molecule has 0 aliphatic carbocycles. The molecule has 3 heterocycles. The predicted octanol–water partition coefficient (Wildman–Crippen LogP) is 2.86. The van der Waals surface area contributed by atoms with Crippen LogP contribution in [0.25, 0.3) is 5.78 Å². The average Bonchev–Trinajstić information content (AvgIpc) is 2.98. The quantitative estimate of drug-likeness (QED) is 0.761. The van der Waals surface area contributed by atoms with Crippen LogP contribution in [-0.4, -0.2) is 31.2 Å². The first-order valence-corrected chi connectivity index (χ1v) is 7.50. The zero-order valence-electron chi connectivity index (χ0n) is 13.5. The Labute approximate surface area is 140 Å². The Morgan fingerprint density at radius 2 is 2.08 bits per heavy atom. The minimum Gasteiger partial charge on any atom is -0.478 e. The zero-order chi connectivity index (χ0) is 18.0. The Morgan fingerprint density at radius 3 is 2.80 bits per heavy atom. The van der Waals surface area contributed by atoms with E-state index in [-0.39, 0.29) is 5.78 Å². The fourth-order valence-corrected chi connectivity index (χ4v) is 2.24. The molecule has 0 aliphatic heterocycles. The molecule has 0 saturated carbocycles. The minimum absolute atomic E-state index is 0.119. The molecule has 0 fully saturated rings. The second-order valence-electron chi connectivity index (χ2n) is 5.18. The van der Waals surface area contributed by atoms with Crippen LogP contribution in [0.3, 0.4) is 0 Å². The Bertz CT molecular complexity index is 893. The summed E-state index contributed by atoms with van der Waals surface area (Å²) in [5, 5.41) is 6.55. The average molecular weight is 352 g/mol. The highest BCUT2D eigenvalue weighted by Gasteiger charge is 2.36. The summed E-state index contributed by atoms with van der Waals surface area (Å²) in [7, 11) is 0. The number of alkyl halides is 3. The zero-order valence-corrected chi connectivity index (χ0v) is 13.5. The van der Waals surface area contributed by atoms with Gasteiger partial charge in [0, 0.05) is 30.1 Å². The van der Waals surface area contributed by atoms with Crippen LogP contribution in [0, 0.1) is 6.92 Å². The second kappa shape index (κ2) is 6.54. The van der Waals surface area contributed by atoms with E-state index in [2.05, 4.69) is 25.4 Å². The van der Waals surface area contributed by atoms with Gasteiger partial charge in [0.05, 0.1) is 6.61 Å². The topological polar surface area (TPSA) is 77.2 Å². The van der Waals surface area contributed by atoms with Crippen molar-refractivity contribution in [2.24, 2.45) is 0 Å². The lowest BCUT2D eigenvalue weighted by atomic mass is 10.2. The van der Waals surface area contributed by atoms with Crippen molar-refractivity contribution in [1.29, 1.82) is 0 Å². The van der Waals surface area contributed by atoms with Crippen LogP contribution >= 0.6 is 0 Å². The van der Waals surface area contributed by atoms with Gasteiger partial charge in [0.2, 0.25) is 5.88 Å². The predicted molar refractivity (Wildman–Crippen MR) is 83.3 cm³/mol. The van der Waals surface area contributed by atoms with Crippen molar-refractivity contribution < 1.29 is 17.9 Å². The molecule has 3 aromatic heterocycles. The first kappa shape index (κ1) is 16.9. The molecule has 0 radical (unpaired) electrons. The Hall–Kier alpha value is -2.91. The van der Waals surface area contributed by atoms with Gasteiger partial charge in [-0.25, -0.2) is 9.97 Å². The normalized spacial score (nSPS) is 11.7. The van der Waals surface area contributed by atoms with E-state index in [1.165, 1.54) is 0 Å². The molecule has 0 atom stereocenters. The Morgan fingerprint density at radius 1 is 1.28 bits per heavy atom. The summed E-state index contributed by atoms with van der Waals surface area (Å²) in [6.07, 6.45) is -3.03. The monoisotopic (exact) mass is 352 g/mol. The molecule has 132 valence electrons. The van der Waals surface area contributed by atoms with Crippen molar-refractivity contribution in [3.63, 3.8) is 0 Å². The number of ether oxygens (including phenoxy) is 1. The number of hydrogen-bond acceptors (Lipinski definition) is 6. The van der Waals surface area contributed by atoms with Gasteiger partial charge in [-0.05, 0) is 19.9 Å². The third-order valence-corrected chi connectivity index (χ3v) is 3.28. The van der Waals surface area contributed by atoms with E-state index in [1.54, 1.807) is 25.3 Å². The number of aryl methyl sites for hydroxylation is 1. The van der Waals surface area contributed by atoms with Gasteiger partial charge in [-0.1, -0.05) is 6.07 Å². The van der Waals surface area contributed by atoms with E-state index in [4.69, 9.17) is 4.74 Å². The van der Waals surface area contributed by atoms with Gasteiger partial charge in [0.1, 0.15) is 5.82 Å². The van der Waals surface area contributed by atoms with Gasteiger partial charge in [-0.15, -0.1) is 5.10 Å². The SMILES string of the molecule is CCOc1ncccc1CNc1cc(C)nc2nc(C(F)(F)F)nn12. The number of anilines is 1. The number of fused-ring (bicyclic) bond motifs is 1. The molecule has 7 nitrogen and oxygen atoms in total. The van der Waals surface area contributed by atoms with E-state index >= 15 is 0 Å². The molecule has 0 saturated heterocycles. The molecule has 0 amide bonds. The number of nitrogens with one attached hydrogen (secondary N) is 1. The van der Waals surface area contributed by atoms with E-state index < -0.39 is 12.0 Å². The molecule has 3 aromatic rings. The number of halogens is 3. The van der Waals surface area contributed by atoms with Crippen LogP contribution in [0.5, 0.6) is 5.88 Å². The standard InChI is InChI=1S/C15H15F3N6O/c1-3-25-12-10(5-4-6-19-12)8-20-11-7-9(2)21-14-22-13(15(16,17)18)23-24(11)14/h4-7,20H,3,8H2,1-2H3. The van der Waals surface area contributed by atoms with Crippen LogP contribution in [0.4, 0.5) is 19.0 Å². The van der Waals surface area contributed by atoms with Crippen molar-refractivity contribution in [2.75, 3.05) is 11.9 Å². The third kappa shape index (κ3) is 3.62. The van der Waals surface area contributed by atoms with Crippen molar-refractivity contribution in [3.05, 3.63) is 41.5 Å². The minimum atomic E-state index is -4.63. The highest BCUT2D eigenvalue weighted by molar-refractivity contribution is 5.46. The maximum Gasteiger partial charge on any atom is 0.453 e. The summed E-state index contributed by atoms with van der Waals surface area (Å²) in [6.45, 7) is 4.27.